The molecule has 0 aromatic rings. The van der Waals surface area contributed by atoms with Crippen molar-refractivity contribution >= 4 is 11.9 Å². The van der Waals surface area contributed by atoms with Gasteiger partial charge >= 0.3 is 0 Å². The molecule has 0 spiro atoms. The van der Waals surface area contributed by atoms with Crippen LogP contribution in [-0.4, -0.2) is 25.2 Å². The van der Waals surface area contributed by atoms with E-state index >= 15 is 0 Å². The van der Waals surface area contributed by atoms with Gasteiger partial charge in [-0.15, -0.1) is 6.08 Å². The van der Waals surface area contributed by atoms with Gasteiger partial charge < -0.3 is 14.3 Å². The standard InChI is InChI=1S/C8H11O4/c1-3-11-7(9)5-6-8(10)12-4-2/h5H,3-4H2,1-2H3/q-1. The third-order valence-electron chi connectivity index (χ3n) is 0.870. The molecule has 0 bridgehead atoms. The monoisotopic (exact) mass is 171 g/mol. The van der Waals surface area contributed by atoms with Gasteiger partial charge in [-0.3, -0.25) is 4.79 Å². The molecule has 0 heterocycles. The van der Waals surface area contributed by atoms with Gasteiger partial charge in [-0.25, -0.2) is 0 Å². The Morgan fingerprint density at radius 2 is 1.83 bits per heavy atom. The Morgan fingerprint density at radius 1 is 1.25 bits per heavy atom. The lowest BCUT2D eigenvalue weighted by Crippen LogP contribution is -2.04. The zero-order valence-corrected chi connectivity index (χ0v) is 7.12. The Hall–Kier alpha value is -1.32. The predicted octanol–water partition coefficient (Wildman–Crippen LogP) is 0.472. The van der Waals surface area contributed by atoms with Crippen LogP contribution in [0.3, 0.4) is 0 Å². The lowest BCUT2D eigenvalue weighted by atomic mass is 10.5. The van der Waals surface area contributed by atoms with Crippen LogP contribution in [0.25, 0.3) is 0 Å². The van der Waals surface area contributed by atoms with Crippen LogP contribution in [0.15, 0.2) is 6.08 Å². The van der Waals surface area contributed by atoms with E-state index in [1.54, 1.807) is 13.8 Å². The lowest BCUT2D eigenvalue weighted by Gasteiger charge is -2.04. The maximum atomic E-state index is 10.6. The minimum Gasteiger partial charge on any atom is -0.548 e. The molecule has 68 valence electrons. The van der Waals surface area contributed by atoms with E-state index in [4.69, 9.17) is 0 Å². The van der Waals surface area contributed by atoms with Crippen LogP contribution in [0, 0.1) is 6.08 Å². The summed E-state index contributed by atoms with van der Waals surface area (Å²) in [6, 6.07) is 0. The number of carbonyl (C=O) groups is 2. The van der Waals surface area contributed by atoms with Crippen LogP contribution in [0.5, 0.6) is 0 Å². The SMILES string of the molecule is CCOC(=O)[C-]=CC(=O)OCC. The van der Waals surface area contributed by atoms with Gasteiger partial charge in [0.05, 0.1) is 13.2 Å². The Morgan fingerprint density at radius 3 is 2.33 bits per heavy atom. The van der Waals surface area contributed by atoms with E-state index in [1.165, 1.54) is 0 Å². The zero-order valence-electron chi connectivity index (χ0n) is 7.12. The molecular weight excluding hydrogens is 160 g/mol. The van der Waals surface area contributed by atoms with Gasteiger partial charge in [0, 0.05) is 0 Å². The predicted molar refractivity (Wildman–Crippen MR) is 41.1 cm³/mol. The van der Waals surface area contributed by atoms with Crippen molar-refractivity contribution in [2.75, 3.05) is 13.2 Å². The average molecular weight is 171 g/mol. The second-order valence-corrected chi connectivity index (χ2v) is 1.76. The third-order valence-corrected chi connectivity index (χ3v) is 0.870. The molecule has 0 aliphatic rings. The zero-order chi connectivity index (χ0) is 9.40. The average Bonchev–Trinajstić information content (AvgIpc) is 2.02. The fourth-order valence-corrected chi connectivity index (χ4v) is 0.475. The van der Waals surface area contributed by atoms with E-state index in [2.05, 4.69) is 15.5 Å². The summed E-state index contributed by atoms with van der Waals surface area (Å²) in [5.74, 6) is -1.25. The summed E-state index contributed by atoms with van der Waals surface area (Å²) in [4.78, 5) is 21.2. The Labute approximate surface area is 71.2 Å². The molecule has 0 amide bonds. The quantitative estimate of drug-likeness (QED) is 0.350. The molecule has 0 saturated heterocycles. The summed E-state index contributed by atoms with van der Waals surface area (Å²) < 4.78 is 8.99. The highest BCUT2D eigenvalue weighted by molar-refractivity contribution is 5.88. The molecule has 0 unspecified atom stereocenters. The van der Waals surface area contributed by atoms with Crippen LogP contribution < -0.4 is 0 Å². The first-order valence-electron chi connectivity index (χ1n) is 3.64. The van der Waals surface area contributed by atoms with Crippen LogP contribution in [0.1, 0.15) is 13.8 Å². The second-order valence-electron chi connectivity index (χ2n) is 1.76. The van der Waals surface area contributed by atoms with Crippen molar-refractivity contribution in [2.45, 2.75) is 13.8 Å². The number of hydrogen-bond donors (Lipinski definition) is 0. The molecule has 0 radical (unpaired) electrons. The van der Waals surface area contributed by atoms with Gasteiger partial charge in [-0.1, -0.05) is 0 Å². The maximum Gasteiger partial charge on any atom is 0.238 e. The van der Waals surface area contributed by atoms with Crippen molar-refractivity contribution < 1.29 is 19.1 Å². The van der Waals surface area contributed by atoms with E-state index in [1.807, 2.05) is 0 Å². The van der Waals surface area contributed by atoms with Crippen LogP contribution >= 0.6 is 0 Å². The van der Waals surface area contributed by atoms with Crippen molar-refractivity contribution in [3.8, 4) is 0 Å². The highest BCUT2D eigenvalue weighted by Crippen LogP contribution is 1.83. The van der Waals surface area contributed by atoms with Gasteiger partial charge in [0.1, 0.15) is 0 Å². The molecule has 0 aliphatic heterocycles. The van der Waals surface area contributed by atoms with E-state index in [9.17, 15) is 9.59 Å². The molecule has 0 fully saturated rings. The van der Waals surface area contributed by atoms with E-state index in [-0.39, 0.29) is 13.2 Å². The van der Waals surface area contributed by atoms with Gasteiger partial charge in [-0.05, 0) is 13.8 Å². The highest BCUT2D eigenvalue weighted by atomic mass is 16.5. The molecule has 0 aliphatic carbocycles. The summed E-state index contributed by atoms with van der Waals surface area (Å²) in [5.41, 5.74) is 0. The Bertz CT molecular complexity index is 163. The van der Waals surface area contributed by atoms with Crippen molar-refractivity contribution in [1.82, 2.24) is 0 Å². The van der Waals surface area contributed by atoms with Gasteiger partial charge in [-0.2, -0.15) is 6.08 Å². The van der Waals surface area contributed by atoms with Crippen molar-refractivity contribution in [3.05, 3.63) is 12.2 Å². The van der Waals surface area contributed by atoms with Crippen molar-refractivity contribution in [1.29, 1.82) is 0 Å². The molecule has 0 aromatic carbocycles. The first kappa shape index (κ1) is 10.7. The smallest absolute Gasteiger partial charge is 0.238 e. The highest BCUT2D eigenvalue weighted by Gasteiger charge is 1.86. The molecule has 0 saturated carbocycles. The molecule has 0 atom stereocenters. The molecule has 0 rings (SSSR count). The lowest BCUT2D eigenvalue weighted by molar-refractivity contribution is -0.140. The van der Waals surface area contributed by atoms with Crippen molar-refractivity contribution in [2.24, 2.45) is 0 Å². The number of hydrogen-bond acceptors (Lipinski definition) is 4. The number of rotatable bonds is 4. The topological polar surface area (TPSA) is 52.6 Å². The van der Waals surface area contributed by atoms with Crippen molar-refractivity contribution in [3.63, 3.8) is 0 Å². The molecule has 12 heavy (non-hydrogen) atoms. The largest absolute Gasteiger partial charge is 0.548 e. The molecule has 0 N–H and O–H groups in total. The normalized spacial score (nSPS) is 9.83. The number of ether oxygens (including phenoxy) is 2. The fourth-order valence-electron chi connectivity index (χ4n) is 0.475. The van der Waals surface area contributed by atoms with Gasteiger partial charge in [0.25, 0.3) is 0 Å². The Kier molecular flexibility index (Phi) is 5.69. The number of carbonyl (C=O) groups excluding carboxylic acids is 2. The summed E-state index contributed by atoms with van der Waals surface area (Å²) in [6.07, 6.45) is 3.03. The third kappa shape index (κ3) is 5.46. The minimum atomic E-state index is -0.662. The van der Waals surface area contributed by atoms with Crippen LogP contribution in [0.2, 0.25) is 0 Å². The van der Waals surface area contributed by atoms with Gasteiger partial charge in [0.15, 0.2) is 5.97 Å². The first-order valence-corrected chi connectivity index (χ1v) is 3.64. The van der Waals surface area contributed by atoms with E-state index in [0.29, 0.717) is 0 Å². The van der Waals surface area contributed by atoms with Crippen LogP contribution in [0.4, 0.5) is 0 Å². The van der Waals surface area contributed by atoms with Gasteiger partial charge in [0.2, 0.25) is 5.97 Å². The van der Waals surface area contributed by atoms with E-state index < -0.39 is 11.9 Å². The molecular formula is C8H11O4-. The summed E-state index contributed by atoms with van der Waals surface area (Å²) >= 11 is 0. The summed E-state index contributed by atoms with van der Waals surface area (Å²) in [6.45, 7) is 3.89. The molecule has 4 heteroatoms. The summed E-state index contributed by atoms with van der Waals surface area (Å²) in [5, 5.41) is 0. The first-order chi connectivity index (χ1) is 5.70. The number of esters is 2. The minimum absolute atomic E-state index is 0.266. The van der Waals surface area contributed by atoms with E-state index in [0.717, 1.165) is 6.08 Å². The second kappa shape index (κ2) is 6.39. The van der Waals surface area contributed by atoms with Crippen LogP contribution in [-0.2, 0) is 19.1 Å². The maximum absolute atomic E-state index is 10.6. The summed E-state index contributed by atoms with van der Waals surface area (Å²) in [7, 11) is 0. The molecule has 0 aromatic heterocycles. The Balaban J connectivity index is 3.73. The fraction of sp³-hybridized carbons (Fsp3) is 0.500. The molecule has 4 nitrogen and oxygen atoms in total.